The average molecular weight is 657 g/mol. The summed E-state index contributed by atoms with van der Waals surface area (Å²) in [5.41, 5.74) is -9.88. The predicted octanol–water partition coefficient (Wildman–Crippen LogP) is 6.53. The van der Waals surface area contributed by atoms with Crippen molar-refractivity contribution < 1.29 is 55.1 Å². The molecule has 1 fully saturated rings. The van der Waals surface area contributed by atoms with Gasteiger partial charge in [0.15, 0.2) is 0 Å². The van der Waals surface area contributed by atoms with Crippen molar-refractivity contribution in [2.75, 3.05) is 50.4 Å². The molecule has 0 aliphatic carbocycles. The van der Waals surface area contributed by atoms with Gasteiger partial charge in [-0.2, -0.15) is 39.5 Å². The Labute approximate surface area is 245 Å². The number of rotatable bonds is 6. The largest absolute Gasteiger partial charge is 0.733 e. The van der Waals surface area contributed by atoms with E-state index in [4.69, 9.17) is 15.6 Å². The topological polar surface area (TPSA) is 149 Å². The summed E-state index contributed by atoms with van der Waals surface area (Å²) in [6.07, 6.45) is -15.7. The molecule has 0 unspecified atom stereocenters. The Balaban J connectivity index is 1.94. The molecule has 0 bridgehead atoms. The van der Waals surface area contributed by atoms with E-state index in [0.717, 1.165) is 32.9 Å². The summed E-state index contributed by atoms with van der Waals surface area (Å²) in [5.74, 6) is 0. The van der Waals surface area contributed by atoms with E-state index in [9.17, 15) is 55.1 Å². The fourth-order valence-electron chi connectivity index (χ4n) is 4.65. The van der Waals surface area contributed by atoms with E-state index in [1.54, 1.807) is 0 Å². The molecule has 21 heteroatoms. The minimum absolute atomic E-state index is 0.214. The van der Waals surface area contributed by atoms with E-state index in [2.05, 4.69) is 0 Å². The first-order chi connectivity index (χ1) is 20.7. The third-order valence-corrected chi connectivity index (χ3v) is 6.57. The Morgan fingerprint density at radius 1 is 0.467 bits per heavy atom. The van der Waals surface area contributed by atoms with E-state index in [0.29, 0.717) is 18.2 Å². The van der Waals surface area contributed by atoms with E-state index in [1.807, 2.05) is 0 Å². The van der Waals surface area contributed by atoms with Crippen LogP contribution in [-0.4, -0.2) is 35.6 Å². The van der Waals surface area contributed by atoms with Gasteiger partial charge in [0.05, 0.1) is 70.8 Å². The zero-order chi connectivity index (χ0) is 33.6. The molecule has 1 aliphatic rings. The van der Waals surface area contributed by atoms with Gasteiger partial charge in [0, 0.05) is 0 Å². The van der Waals surface area contributed by atoms with Crippen LogP contribution >= 0.6 is 0 Å². The molecule has 0 spiro atoms. The van der Waals surface area contributed by atoms with Gasteiger partial charge in [0.1, 0.15) is 0 Å². The van der Waals surface area contributed by atoms with Crippen molar-refractivity contribution in [3.63, 3.8) is 0 Å². The molecule has 3 aromatic carbocycles. The van der Waals surface area contributed by atoms with Gasteiger partial charge >= 0.3 is 18.5 Å². The quantitative estimate of drug-likeness (QED) is 0.196. The second-order valence-corrected chi connectivity index (χ2v) is 9.46. The van der Waals surface area contributed by atoms with Crippen LogP contribution in [0.1, 0.15) is 16.7 Å². The SMILES string of the molecule is [O-]N(O)c1ccc(N2CN(c3ccc(N([O-])O)cc3C(F)(F)F)CN(c3ccc(N([O-])O)cc3C(F)(F)F)C2)c(C(F)(F)F)c1. The lowest BCUT2D eigenvalue weighted by atomic mass is 10.1. The second-order valence-electron chi connectivity index (χ2n) is 9.46. The highest BCUT2D eigenvalue weighted by molar-refractivity contribution is 5.70. The number of hydrogen-bond donors (Lipinski definition) is 3. The van der Waals surface area contributed by atoms with Gasteiger partial charge in [-0.1, -0.05) is 0 Å². The van der Waals surface area contributed by atoms with Gasteiger partial charge in [-0.15, -0.1) is 0 Å². The van der Waals surface area contributed by atoms with Crippen molar-refractivity contribution >= 4 is 34.1 Å². The summed E-state index contributed by atoms with van der Waals surface area (Å²) >= 11 is 0. The Bertz CT molecular complexity index is 1350. The van der Waals surface area contributed by atoms with Crippen LogP contribution in [0.25, 0.3) is 0 Å². The third-order valence-electron chi connectivity index (χ3n) is 6.57. The Morgan fingerprint density at radius 2 is 0.689 bits per heavy atom. The van der Waals surface area contributed by atoms with Gasteiger partial charge in [-0.05, 0) is 54.6 Å². The predicted molar refractivity (Wildman–Crippen MR) is 139 cm³/mol. The third kappa shape index (κ3) is 7.13. The van der Waals surface area contributed by atoms with Crippen LogP contribution in [0.3, 0.4) is 0 Å². The van der Waals surface area contributed by atoms with Crippen LogP contribution in [0.5, 0.6) is 0 Å². The number of benzene rings is 3. The molecular weight excluding hydrogens is 639 g/mol. The first-order valence-corrected chi connectivity index (χ1v) is 12.1. The number of anilines is 6. The number of alkyl halides is 9. The van der Waals surface area contributed by atoms with Crippen molar-refractivity contribution in [3.8, 4) is 0 Å². The summed E-state index contributed by atoms with van der Waals surface area (Å²) in [4.78, 5) is 2.17. The molecule has 0 atom stereocenters. The Morgan fingerprint density at radius 3 is 0.867 bits per heavy atom. The molecule has 0 saturated carbocycles. The second kappa shape index (κ2) is 11.8. The van der Waals surface area contributed by atoms with Crippen LogP contribution in [-0.2, 0) is 18.5 Å². The molecule has 4 rings (SSSR count). The summed E-state index contributed by atoms with van der Waals surface area (Å²) in [6.45, 7) is -2.52. The molecule has 0 aromatic heterocycles. The standard InChI is InChI=1S/C24H18F9N6O6/c25-22(26,27)16-7-13(37(40)41)1-4-19(16)34-10-35(20-5-2-14(38(42)43)8-17(20)23(28,29)30)12-36(11-34)21-6-3-15(39(44)45)9-18(21)24(31,32)33/h1-9,40,42,44H,10-12H2/q-3. The zero-order valence-electron chi connectivity index (χ0n) is 22.0. The molecule has 1 heterocycles. The van der Waals surface area contributed by atoms with Gasteiger partial charge in [0.2, 0.25) is 0 Å². The monoisotopic (exact) mass is 657 g/mol. The highest BCUT2D eigenvalue weighted by Gasteiger charge is 2.42. The minimum Gasteiger partial charge on any atom is -0.733 e. The number of hydrogen-bond acceptors (Lipinski definition) is 12. The fraction of sp³-hybridized carbons (Fsp3) is 0.250. The zero-order valence-corrected chi connectivity index (χ0v) is 22.0. The maximum Gasteiger partial charge on any atom is 0.418 e. The van der Waals surface area contributed by atoms with Crippen molar-refractivity contribution in [2.24, 2.45) is 0 Å². The van der Waals surface area contributed by atoms with Gasteiger partial charge in [-0.25, -0.2) is 0 Å². The first kappa shape index (κ1) is 33.5. The maximum absolute atomic E-state index is 14.1. The van der Waals surface area contributed by atoms with Crippen LogP contribution in [0.15, 0.2) is 54.6 Å². The molecular formula is C24H18F9N6O6-3. The normalized spacial score (nSPS) is 14.6. The lowest BCUT2D eigenvalue weighted by Gasteiger charge is -2.47. The van der Waals surface area contributed by atoms with Crippen molar-refractivity contribution in [3.05, 3.63) is 86.9 Å². The summed E-state index contributed by atoms with van der Waals surface area (Å²) < 4.78 is 127. The molecule has 3 N–H and O–H groups in total. The molecule has 1 saturated heterocycles. The number of halogens is 9. The summed E-state index contributed by atoms with van der Waals surface area (Å²) in [6, 6.07) is 4.82. The smallest absolute Gasteiger partial charge is 0.418 e. The molecule has 12 nitrogen and oxygen atoms in total. The van der Waals surface area contributed by atoms with Gasteiger partial charge < -0.3 is 46.0 Å². The lowest BCUT2D eigenvalue weighted by molar-refractivity contribution is -0.137. The van der Waals surface area contributed by atoms with Crippen LogP contribution in [0, 0.1) is 15.6 Å². The molecule has 0 radical (unpaired) electrons. The molecule has 3 aromatic rings. The van der Waals surface area contributed by atoms with Crippen molar-refractivity contribution in [2.45, 2.75) is 18.5 Å². The van der Waals surface area contributed by atoms with Crippen LogP contribution < -0.4 is 30.4 Å². The van der Waals surface area contributed by atoms with Crippen molar-refractivity contribution in [1.82, 2.24) is 0 Å². The Kier molecular flexibility index (Phi) is 8.80. The maximum atomic E-state index is 14.1. The van der Waals surface area contributed by atoms with E-state index < -0.39 is 105 Å². The average Bonchev–Trinajstić information content (AvgIpc) is 2.94. The molecule has 1 aliphatic heterocycles. The molecule has 246 valence electrons. The van der Waals surface area contributed by atoms with E-state index in [1.165, 1.54) is 0 Å². The summed E-state index contributed by atoms with van der Waals surface area (Å²) in [5, 5.41) is 58.5. The first-order valence-electron chi connectivity index (χ1n) is 12.1. The Hall–Kier alpha value is -4.41. The van der Waals surface area contributed by atoms with Crippen LogP contribution in [0.4, 0.5) is 73.6 Å². The van der Waals surface area contributed by atoms with Crippen molar-refractivity contribution in [1.29, 1.82) is 0 Å². The fourth-order valence-corrected chi connectivity index (χ4v) is 4.65. The summed E-state index contributed by atoms with van der Waals surface area (Å²) in [7, 11) is 0. The highest BCUT2D eigenvalue weighted by Crippen LogP contribution is 2.45. The van der Waals surface area contributed by atoms with E-state index >= 15 is 0 Å². The molecule has 0 amide bonds. The number of nitrogens with zero attached hydrogens (tertiary/aromatic N) is 6. The highest BCUT2D eigenvalue weighted by atomic mass is 19.4. The minimum atomic E-state index is -5.25. The van der Waals surface area contributed by atoms with Gasteiger partial charge in [0.25, 0.3) is 0 Å². The lowest BCUT2D eigenvalue weighted by Crippen LogP contribution is -2.56. The molecule has 45 heavy (non-hydrogen) atoms. The van der Waals surface area contributed by atoms with Gasteiger partial charge in [-0.3, -0.25) is 15.6 Å². The van der Waals surface area contributed by atoms with E-state index in [-0.39, 0.29) is 18.2 Å². The van der Waals surface area contributed by atoms with Crippen LogP contribution in [0.2, 0.25) is 0 Å².